The van der Waals surface area contributed by atoms with E-state index >= 15 is 0 Å². The van der Waals surface area contributed by atoms with Gasteiger partial charge in [0.05, 0.1) is 0 Å². The van der Waals surface area contributed by atoms with Gasteiger partial charge in [0.25, 0.3) is 0 Å². The summed E-state index contributed by atoms with van der Waals surface area (Å²) in [6.45, 7) is 4.04. The Morgan fingerprint density at radius 3 is 2.42 bits per heavy atom. The first-order valence-corrected chi connectivity index (χ1v) is 5.25. The Hall–Kier alpha value is -0.350. The number of nitrogens with two attached hydrogens (primary N) is 1. The van der Waals surface area contributed by atoms with Crippen molar-refractivity contribution in [3.63, 3.8) is 0 Å². The van der Waals surface area contributed by atoms with Gasteiger partial charge in [-0.05, 0) is 20.1 Å². The fourth-order valence-electron chi connectivity index (χ4n) is 0.930. The Bertz CT molecular complexity index is 282. The lowest BCUT2D eigenvalue weighted by Crippen LogP contribution is -2.06. The monoisotopic (exact) mass is 205 g/mol. The number of hydrogen-bond acceptors (Lipinski definition) is 3. The highest BCUT2D eigenvalue weighted by Gasteiger charge is 2.13. The molecule has 1 heterocycles. The normalized spacial score (nSPS) is 11.1. The highest BCUT2D eigenvalue weighted by atomic mass is 35.5. The predicted molar refractivity (Wildman–Crippen MR) is 53.8 cm³/mol. The van der Waals surface area contributed by atoms with Gasteiger partial charge in [-0.25, -0.2) is 4.68 Å². The van der Waals surface area contributed by atoms with Crippen molar-refractivity contribution in [3.8, 4) is 0 Å². The van der Waals surface area contributed by atoms with Crippen LogP contribution in [-0.2, 0) is 0 Å². The molecule has 0 saturated carbocycles. The van der Waals surface area contributed by atoms with Crippen LogP contribution in [0.15, 0.2) is 5.03 Å². The minimum atomic E-state index is 0.253. The lowest BCUT2D eigenvalue weighted by Gasteiger charge is -2.06. The standard InChI is InChI=1S/C7H12ClN3S/c1-4(2)11-6(9)5(8)7(10-11)12-3/h4H,9H2,1-3H3. The highest BCUT2D eigenvalue weighted by molar-refractivity contribution is 7.98. The van der Waals surface area contributed by atoms with Crippen LogP contribution in [0.25, 0.3) is 0 Å². The second-order valence-electron chi connectivity index (χ2n) is 2.75. The lowest BCUT2D eigenvalue weighted by molar-refractivity contribution is 0.530. The number of rotatable bonds is 2. The van der Waals surface area contributed by atoms with E-state index in [-0.39, 0.29) is 6.04 Å². The van der Waals surface area contributed by atoms with Crippen molar-refractivity contribution in [2.75, 3.05) is 12.0 Å². The minimum Gasteiger partial charge on any atom is -0.383 e. The molecule has 12 heavy (non-hydrogen) atoms. The van der Waals surface area contributed by atoms with E-state index in [1.54, 1.807) is 4.68 Å². The van der Waals surface area contributed by atoms with E-state index in [0.29, 0.717) is 10.8 Å². The summed E-state index contributed by atoms with van der Waals surface area (Å²) in [6.07, 6.45) is 1.93. The number of nitrogen functional groups attached to an aromatic ring is 1. The summed E-state index contributed by atoms with van der Waals surface area (Å²) in [4.78, 5) is 0. The zero-order valence-electron chi connectivity index (χ0n) is 7.34. The van der Waals surface area contributed by atoms with Crippen molar-refractivity contribution in [3.05, 3.63) is 5.02 Å². The third-order valence-electron chi connectivity index (χ3n) is 1.54. The molecule has 0 fully saturated rings. The summed E-state index contributed by atoms with van der Waals surface area (Å²) in [7, 11) is 0. The molecule has 0 spiro atoms. The zero-order valence-corrected chi connectivity index (χ0v) is 8.91. The maximum absolute atomic E-state index is 5.93. The van der Waals surface area contributed by atoms with E-state index < -0.39 is 0 Å². The van der Waals surface area contributed by atoms with Gasteiger partial charge in [0, 0.05) is 6.04 Å². The van der Waals surface area contributed by atoms with Crippen LogP contribution < -0.4 is 5.73 Å². The quantitative estimate of drug-likeness (QED) is 0.755. The van der Waals surface area contributed by atoms with Crippen molar-refractivity contribution < 1.29 is 0 Å². The first kappa shape index (κ1) is 9.74. The van der Waals surface area contributed by atoms with Crippen LogP contribution in [0, 0.1) is 0 Å². The van der Waals surface area contributed by atoms with Gasteiger partial charge >= 0.3 is 0 Å². The smallest absolute Gasteiger partial charge is 0.142 e. The number of thioether (sulfide) groups is 1. The van der Waals surface area contributed by atoms with E-state index in [1.807, 2.05) is 20.1 Å². The number of anilines is 1. The van der Waals surface area contributed by atoms with Gasteiger partial charge in [-0.1, -0.05) is 11.6 Å². The molecule has 0 aliphatic heterocycles. The Kier molecular flexibility index (Phi) is 2.90. The van der Waals surface area contributed by atoms with Crippen LogP contribution in [0.1, 0.15) is 19.9 Å². The Morgan fingerprint density at radius 2 is 2.17 bits per heavy atom. The van der Waals surface area contributed by atoms with Crippen LogP contribution in [-0.4, -0.2) is 16.0 Å². The molecule has 0 saturated heterocycles. The Balaban J connectivity index is 3.16. The average Bonchev–Trinajstić information content (AvgIpc) is 2.30. The summed E-state index contributed by atoms with van der Waals surface area (Å²) in [5, 5.41) is 5.61. The van der Waals surface area contributed by atoms with Crippen molar-refractivity contribution in [1.82, 2.24) is 9.78 Å². The first-order valence-electron chi connectivity index (χ1n) is 3.65. The van der Waals surface area contributed by atoms with Gasteiger partial charge < -0.3 is 5.73 Å². The molecule has 0 aliphatic carbocycles. The molecule has 0 unspecified atom stereocenters. The Morgan fingerprint density at radius 1 is 1.58 bits per heavy atom. The molecular weight excluding hydrogens is 194 g/mol. The van der Waals surface area contributed by atoms with E-state index in [1.165, 1.54) is 11.8 Å². The molecule has 68 valence electrons. The zero-order chi connectivity index (χ0) is 9.30. The average molecular weight is 206 g/mol. The fourth-order valence-corrected chi connectivity index (χ4v) is 1.74. The van der Waals surface area contributed by atoms with E-state index in [9.17, 15) is 0 Å². The molecule has 1 rings (SSSR count). The van der Waals surface area contributed by atoms with Crippen molar-refractivity contribution >= 4 is 29.2 Å². The minimum absolute atomic E-state index is 0.253. The van der Waals surface area contributed by atoms with Gasteiger partial charge in [-0.3, -0.25) is 0 Å². The van der Waals surface area contributed by atoms with E-state index in [2.05, 4.69) is 5.10 Å². The summed E-state index contributed by atoms with van der Waals surface area (Å²) in [5.41, 5.74) is 5.74. The number of hydrogen-bond donors (Lipinski definition) is 1. The second kappa shape index (κ2) is 3.58. The van der Waals surface area contributed by atoms with Crippen LogP contribution >= 0.6 is 23.4 Å². The summed E-state index contributed by atoms with van der Waals surface area (Å²) in [6, 6.07) is 0.253. The first-order chi connectivity index (χ1) is 5.57. The maximum Gasteiger partial charge on any atom is 0.142 e. The molecule has 1 aromatic heterocycles. The second-order valence-corrected chi connectivity index (χ2v) is 3.92. The Labute approximate surface area is 81.3 Å². The maximum atomic E-state index is 5.93. The molecule has 3 nitrogen and oxygen atoms in total. The van der Waals surface area contributed by atoms with E-state index in [0.717, 1.165) is 5.03 Å². The molecule has 0 atom stereocenters. The van der Waals surface area contributed by atoms with Crippen molar-refractivity contribution in [2.45, 2.75) is 24.9 Å². The molecule has 0 aromatic carbocycles. The number of halogens is 1. The van der Waals surface area contributed by atoms with E-state index in [4.69, 9.17) is 17.3 Å². The predicted octanol–water partition coefficient (Wildman–Crippen LogP) is 2.42. The van der Waals surface area contributed by atoms with Crippen molar-refractivity contribution in [1.29, 1.82) is 0 Å². The molecule has 0 radical (unpaired) electrons. The van der Waals surface area contributed by atoms with Crippen LogP contribution in [0.2, 0.25) is 5.02 Å². The van der Waals surface area contributed by atoms with Gasteiger partial charge in [-0.2, -0.15) is 5.10 Å². The molecule has 1 aromatic rings. The topological polar surface area (TPSA) is 43.8 Å². The van der Waals surface area contributed by atoms with Gasteiger partial charge in [0.2, 0.25) is 0 Å². The molecule has 0 bridgehead atoms. The molecule has 2 N–H and O–H groups in total. The largest absolute Gasteiger partial charge is 0.383 e. The molecule has 0 aliphatic rings. The van der Waals surface area contributed by atoms with Crippen LogP contribution in [0.3, 0.4) is 0 Å². The van der Waals surface area contributed by atoms with Crippen LogP contribution in [0.5, 0.6) is 0 Å². The highest BCUT2D eigenvalue weighted by Crippen LogP contribution is 2.31. The summed E-state index contributed by atoms with van der Waals surface area (Å²) >= 11 is 7.43. The van der Waals surface area contributed by atoms with Gasteiger partial charge in [-0.15, -0.1) is 11.8 Å². The number of aromatic nitrogens is 2. The fraction of sp³-hybridized carbons (Fsp3) is 0.571. The third-order valence-corrected chi connectivity index (χ3v) is 2.70. The molecular formula is C7H12ClN3S. The number of nitrogens with zero attached hydrogens (tertiary/aromatic N) is 2. The van der Waals surface area contributed by atoms with Gasteiger partial charge in [0.1, 0.15) is 15.9 Å². The third kappa shape index (κ3) is 1.54. The molecule has 5 heteroatoms. The SMILES string of the molecule is CSc1nn(C(C)C)c(N)c1Cl. The summed E-state index contributed by atoms with van der Waals surface area (Å²) in [5.74, 6) is 0.552. The van der Waals surface area contributed by atoms with Crippen LogP contribution in [0.4, 0.5) is 5.82 Å². The molecule has 0 amide bonds. The van der Waals surface area contributed by atoms with Gasteiger partial charge in [0.15, 0.2) is 0 Å². The summed E-state index contributed by atoms with van der Waals surface area (Å²) < 4.78 is 1.73. The van der Waals surface area contributed by atoms with Crippen molar-refractivity contribution in [2.24, 2.45) is 0 Å². The lowest BCUT2D eigenvalue weighted by atomic mass is 10.4.